The highest BCUT2D eigenvalue weighted by atomic mass is 16.5. The minimum Gasteiger partial charge on any atom is -0.481 e. The molecular formula is C25H26N2O3. The molecule has 0 fully saturated rings. The van der Waals surface area contributed by atoms with Crippen LogP contribution in [0, 0.1) is 0 Å². The monoisotopic (exact) mass is 402 g/mol. The lowest BCUT2D eigenvalue weighted by Gasteiger charge is -2.28. The van der Waals surface area contributed by atoms with Crippen molar-refractivity contribution >= 4 is 10.9 Å². The molecule has 154 valence electrons. The average Bonchev–Trinajstić information content (AvgIpc) is 3.32. The van der Waals surface area contributed by atoms with E-state index in [4.69, 9.17) is 9.15 Å². The van der Waals surface area contributed by atoms with Crippen LogP contribution < -0.4 is 4.74 Å². The van der Waals surface area contributed by atoms with Gasteiger partial charge in [0, 0.05) is 24.4 Å². The Hall–Kier alpha value is -3.15. The van der Waals surface area contributed by atoms with Crippen molar-refractivity contribution in [2.45, 2.75) is 12.0 Å². The summed E-state index contributed by atoms with van der Waals surface area (Å²) in [4.78, 5) is 6.66. The van der Waals surface area contributed by atoms with Gasteiger partial charge in [-0.2, -0.15) is 0 Å². The molecule has 4 aromatic rings. The highest BCUT2D eigenvalue weighted by molar-refractivity contribution is 5.95. The second-order valence-electron chi connectivity index (χ2n) is 7.70. The summed E-state index contributed by atoms with van der Waals surface area (Å²) in [5, 5.41) is 12.7. The quantitative estimate of drug-likeness (QED) is 0.486. The average molecular weight is 402 g/mol. The van der Waals surface area contributed by atoms with Gasteiger partial charge in [-0.05, 0) is 55.1 Å². The molecule has 1 N–H and O–H groups in total. The molecule has 0 aliphatic rings. The van der Waals surface area contributed by atoms with Crippen LogP contribution >= 0.6 is 0 Å². The van der Waals surface area contributed by atoms with Gasteiger partial charge < -0.3 is 19.2 Å². The zero-order valence-corrected chi connectivity index (χ0v) is 17.5. The number of aromatic nitrogens is 1. The molecule has 0 bridgehead atoms. The maximum atomic E-state index is 11.7. The molecule has 2 aromatic carbocycles. The molecule has 2 aromatic heterocycles. The first-order valence-corrected chi connectivity index (χ1v) is 9.97. The third-order valence-corrected chi connectivity index (χ3v) is 5.41. The summed E-state index contributed by atoms with van der Waals surface area (Å²) in [5.74, 6) is 1.09. The lowest BCUT2D eigenvalue weighted by atomic mass is 9.86. The molecule has 0 amide bonds. The van der Waals surface area contributed by atoms with E-state index in [1.165, 1.54) is 0 Å². The molecule has 30 heavy (non-hydrogen) atoms. The van der Waals surface area contributed by atoms with Crippen LogP contribution in [0.25, 0.3) is 22.0 Å². The van der Waals surface area contributed by atoms with Crippen molar-refractivity contribution in [3.63, 3.8) is 0 Å². The highest BCUT2D eigenvalue weighted by Crippen LogP contribution is 2.38. The van der Waals surface area contributed by atoms with Crippen molar-refractivity contribution in [3.8, 4) is 17.0 Å². The Balaban J connectivity index is 1.91. The third kappa shape index (κ3) is 3.82. The van der Waals surface area contributed by atoms with E-state index >= 15 is 0 Å². The molecule has 5 nitrogen and oxygen atoms in total. The number of benzene rings is 2. The van der Waals surface area contributed by atoms with Gasteiger partial charge >= 0.3 is 0 Å². The maximum Gasteiger partial charge on any atom is 0.214 e. The van der Waals surface area contributed by atoms with Crippen LogP contribution in [0.5, 0.6) is 5.88 Å². The van der Waals surface area contributed by atoms with Crippen LogP contribution in [0.15, 0.2) is 77.4 Å². The first-order chi connectivity index (χ1) is 14.5. The SMILES string of the molecule is COc1cc(-c2ccccc2)c2cc(C(O)(CCN(C)C)c3ccco3)ccc2n1. The van der Waals surface area contributed by atoms with E-state index in [2.05, 4.69) is 22.0 Å². The number of ether oxygens (including phenoxy) is 1. The highest BCUT2D eigenvalue weighted by Gasteiger charge is 2.34. The fourth-order valence-corrected chi connectivity index (χ4v) is 3.73. The van der Waals surface area contributed by atoms with E-state index in [9.17, 15) is 5.11 Å². The molecule has 5 heteroatoms. The smallest absolute Gasteiger partial charge is 0.214 e. The molecule has 2 heterocycles. The summed E-state index contributed by atoms with van der Waals surface area (Å²) in [7, 11) is 5.60. The second kappa shape index (κ2) is 8.30. The first-order valence-electron chi connectivity index (χ1n) is 9.97. The minimum absolute atomic E-state index is 0.503. The van der Waals surface area contributed by atoms with E-state index in [1.54, 1.807) is 19.4 Å². The molecule has 0 saturated heterocycles. The number of hydrogen-bond acceptors (Lipinski definition) is 5. The molecule has 1 atom stereocenters. The summed E-state index contributed by atoms with van der Waals surface area (Å²) in [6.07, 6.45) is 2.10. The zero-order valence-electron chi connectivity index (χ0n) is 17.5. The third-order valence-electron chi connectivity index (χ3n) is 5.41. The fourth-order valence-electron chi connectivity index (χ4n) is 3.73. The molecule has 0 aliphatic heterocycles. The summed E-state index contributed by atoms with van der Waals surface area (Å²) >= 11 is 0. The van der Waals surface area contributed by atoms with Crippen LogP contribution in [0.3, 0.4) is 0 Å². The molecule has 0 radical (unpaired) electrons. The van der Waals surface area contributed by atoms with Crippen molar-refractivity contribution in [2.24, 2.45) is 0 Å². The molecule has 1 unspecified atom stereocenters. The largest absolute Gasteiger partial charge is 0.481 e. The normalized spacial score (nSPS) is 13.5. The van der Waals surface area contributed by atoms with E-state index in [0.29, 0.717) is 24.6 Å². The van der Waals surface area contributed by atoms with Crippen molar-refractivity contribution in [2.75, 3.05) is 27.7 Å². The molecule has 0 saturated carbocycles. The van der Waals surface area contributed by atoms with Crippen molar-refractivity contribution in [1.29, 1.82) is 0 Å². The van der Waals surface area contributed by atoms with Crippen molar-refractivity contribution < 1.29 is 14.3 Å². The number of fused-ring (bicyclic) bond motifs is 1. The second-order valence-corrected chi connectivity index (χ2v) is 7.70. The van der Waals surface area contributed by atoms with Gasteiger partial charge in [0.2, 0.25) is 5.88 Å². The van der Waals surface area contributed by atoms with Crippen LogP contribution in [0.4, 0.5) is 0 Å². The molecule has 4 rings (SSSR count). The van der Waals surface area contributed by atoms with Gasteiger partial charge in [-0.1, -0.05) is 36.4 Å². The summed E-state index contributed by atoms with van der Waals surface area (Å²) in [6, 6.07) is 21.6. The Morgan fingerprint density at radius 1 is 1.03 bits per heavy atom. The number of aliphatic hydroxyl groups is 1. The summed E-state index contributed by atoms with van der Waals surface area (Å²) in [5.41, 5.74) is 2.42. The Morgan fingerprint density at radius 3 is 2.50 bits per heavy atom. The Morgan fingerprint density at radius 2 is 1.83 bits per heavy atom. The number of hydrogen-bond donors (Lipinski definition) is 1. The number of methoxy groups -OCH3 is 1. The van der Waals surface area contributed by atoms with Crippen molar-refractivity contribution in [1.82, 2.24) is 9.88 Å². The Bertz CT molecular complexity index is 1120. The topological polar surface area (TPSA) is 58.7 Å². The van der Waals surface area contributed by atoms with Crippen molar-refractivity contribution in [3.05, 3.63) is 84.3 Å². The van der Waals surface area contributed by atoms with Gasteiger partial charge in [-0.3, -0.25) is 0 Å². The number of nitrogens with zero attached hydrogens (tertiary/aromatic N) is 2. The van der Waals surface area contributed by atoms with Gasteiger partial charge in [0.25, 0.3) is 0 Å². The lowest BCUT2D eigenvalue weighted by Crippen LogP contribution is -2.31. The van der Waals surface area contributed by atoms with Gasteiger partial charge in [0.05, 0.1) is 18.9 Å². The van der Waals surface area contributed by atoms with Gasteiger partial charge in [0.15, 0.2) is 0 Å². The molecular weight excluding hydrogens is 376 g/mol. The fraction of sp³-hybridized carbons (Fsp3) is 0.240. The van der Waals surface area contributed by atoms with Crippen LogP contribution in [-0.2, 0) is 5.60 Å². The Labute approximate surface area is 176 Å². The summed E-state index contributed by atoms with van der Waals surface area (Å²) < 4.78 is 11.1. The van der Waals surface area contributed by atoms with Crippen LogP contribution in [0.2, 0.25) is 0 Å². The van der Waals surface area contributed by atoms with Gasteiger partial charge in [-0.25, -0.2) is 4.98 Å². The molecule has 0 spiro atoms. The van der Waals surface area contributed by atoms with Crippen LogP contribution in [0.1, 0.15) is 17.7 Å². The molecule has 0 aliphatic carbocycles. The number of furan rings is 1. The predicted octanol–water partition coefficient (Wildman–Crippen LogP) is 4.69. The standard InChI is InChI=1S/C25H26N2O3/c1-27(2)14-13-25(28,23-10-7-15-30-23)19-11-12-22-21(16-19)20(17-24(26-22)29-3)18-8-5-4-6-9-18/h4-12,15-17,28H,13-14H2,1-3H3. The maximum absolute atomic E-state index is 11.7. The summed E-state index contributed by atoms with van der Waals surface area (Å²) in [6.45, 7) is 0.710. The van der Waals surface area contributed by atoms with Crippen LogP contribution in [-0.4, -0.2) is 42.7 Å². The lowest BCUT2D eigenvalue weighted by molar-refractivity contribution is 0.0409. The Kier molecular flexibility index (Phi) is 5.57. The van der Waals surface area contributed by atoms with Gasteiger partial charge in [-0.15, -0.1) is 0 Å². The van der Waals surface area contributed by atoms with E-state index < -0.39 is 5.60 Å². The van der Waals surface area contributed by atoms with E-state index in [0.717, 1.165) is 27.6 Å². The number of pyridine rings is 1. The first kappa shape index (κ1) is 20.1. The minimum atomic E-state index is -1.24. The zero-order chi connectivity index (χ0) is 21.1. The number of rotatable bonds is 7. The van der Waals surface area contributed by atoms with E-state index in [-0.39, 0.29) is 0 Å². The predicted molar refractivity (Wildman–Crippen MR) is 119 cm³/mol. The van der Waals surface area contributed by atoms with Gasteiger partial charge in [0.1, 0.15) is 11.4 Å². The van der Waals surface area contributed by atoms with E-state index in [1.807, 2.05) is 62.6 Å².